The lowest BCUT2D eigenvalue weighted by Crippen LogP contribution is -2.32. The molecule has 0 fully saturated rings. The van der Waals surface area contributed by atoms with Crippen LogP contribution in [0.5, 0.6) is 0 Å². The van der Waals surface area contributed by atoms with Gasteiger partial charge in [-0.05, 0) is 32.0 Å². The summed E-state index contributed by atoms with van der Waals surface area (Å²) in [6.07, 6.45) is 3.66. The fourth-order valence-electron chi connectivity index (χ4n) is 2.55. The summed E-state index contributed by atoms with van der Waals surface area (Å²) in [7, 11) is 1.82. The molecular weight excluding hydrogens is 266 g/mol. The zero-order valence-electron chi connectivity index (χ0n) is 12.7. The van der Waals surface area contributed by atoms with Crippen LogP contribution in [0.25, 0.3) is 0 Å². The summed E-state index contributed by atoms with van der Waals surface area (Å²) in [5, 5.41) is 9.61. The highest BCUT2D eigenvalue weighted by Crippen LogP contribution is 2.24. The maximum Gasteiger partial charge on any atom is 0.325 e. The van der Waals surface area contributed by atoms with Crippen molar-refractivity contribution in [3.05, 3.63) is 53.6 Å². The number of carboxylic acids is 1. The van der Waals surface area contributed by atoms with Crippen molar-refractivity contribution >= 4 is 5.97 Å². The molecule has 1 aromatic carbocycles. The Labute approximate surface area is 124 Å². The number of rotatable bonds is 6. The van der Waals surface area contributed by atoms with Gasteiger partial charge in [0.05, 0.1) is 6.54 Å². The summed E-state index contributed by atoms with van der Waals surface area (Å²) in [6, 6.07) is 6.93. The summed E-state index contributed by atoms with van der Waals surface area (Å²) < 4.78 is 2.02. The first kappa shape index (κ1) is 15.3. The van der Waals surface area contributed by atoms with Crippen molar-refractivity contribution in [3.63, 3.8) is 0 Å². The number of hydrogen-bond donors (Lipinski definition) is 1. The molecule has 112 valence electrons. The molecule has 0 radical (unpaired) electrons. The molecule has 1 aromatic heterocycles. The Morgan fingerprint density at radius 3 is 2.76 bits per heavy atom. The molecular formula is C16H21N3O2. The lowest BCUT2D eigenvalue weighted by atomic mass is 10.0. The van der Waals surface area contributed by atoms with E-state index in [1.165, 1.54) is 0 Å². The van der Waals surface area contributed by atoms with Gasteiger partial charge in [-0.3, -0.25) is 9.69 Å². The molecule has 0 saturated heterocycles. The van der Waals surface area contributed by atoms with Gasteiger partial charge < -0.3 is 9.67 Å². The van der Waals surface area contributed by atoms with Crippen molar-refractivity contribution in [1.82, 2.24) is 14.5 Å². The van der Waals surface area contributed by atoms with Crippen LogP contribution in [-0.4, -0.2) is 32.6 Å². The van der Waals surface area contributed by atoms with Gasteiger partial charge in [-0.2, -0.15) is 0 Å². The minimum Gasteiger partial charge on any atom is -0.480 e. The third-order valence-electron chi connectivity index (χ3n) is 3.69. The van der Waals surface area contributed by atoms with Gasteiger partial charge in [0.15, 0.2) is 0 Å². The number of aryl methyl sites for hydroxylation is 2. The van der Waals surface area contributed by atoms with Gasteiger partial charge >= 0.3 is 5.97 Å². The minimum absolute atomic E-state index is 0.492. The summed E-state index contributed by atoms with van der Waals surface area (Å²) in [6.45, 7) is 5.30. The molecule has 1 atom stereocenters. The molecule has 0 saturated carbocycles. The Kier molecular flexibility index (Phi) is 4.75. The van der Waals surface area contributed by atoms with Crippen LogP contribution in [0.4, 0.5) is 0 Å². The number of imidazole rings is 1. The zero-order chi connectivity index (χ0) is 15.4. The molecule has 21 heavy (non-hydrogen) atoms. The SMILES string of the molecule is CCn1ccnc1CN(C)C(C(=O)O)c1ccccc1C. The highest BCUT2D eigenvalue weighted by molar-refractivity contribution is 5.76. The highest BCUT2D eigenvalue weighted by atomic mass is 16.4. The Hall–Kier alpha value is -2.14. The van der Waals surface area contributed by atoms with Gasteiger partial charge in [-0.15, -0.1) is 0 Å². The van der Waals surface area contributed by atoms with Crippen molar-refractivity contribution in [1.29, 1.82) is 0 Å². The summed E-state index contributed by atoms with van der Waals surface area (Å²) >= 11 is 0. The maximum atomic E-state index is 11.7. The second-order valence-corrected chi connectivity index (χ2v) is 5.14. The number of carboxylic acid groups (broad SMARTS) is 1. The van der Waals surface area contributed by atoms with E-state index in [9.17, 15) is 9.90 Å². The molecule has 0 aliphatic carbocycles. The second-order valence-electron chi connectivity index (χ2n) is 5.14. The number of hydrogen-bond acceptors (Lipinski definition) is 3. The minimum atomic E-state index is -0.846. The predicted molar refractivity (Wildman–Crippen MR) is 80.9 cm³/mol. The summed E-state index contributed by atoms with van der Waals surface area (Å²) in [4.78, 5) is 17.8. The summed E-state index contributed by atoms with van der Waals surface area (Å²) in [5.41, 5.74) is 1.80. The molecule has 2 aromatic rings. The molecule has 0 amide bonds. The van der Waals surface area contributed by atoms with E-state index >= 15 is 0 Å². The van der Waals surface area contributed by atoms with Gasteiger partial charge in [0.25, 0.3) is 0 Å². The van der Waals surface area contributed by atoms with Crippen LogP contribution in [0.1, 0.15) is 29.9 Å². The van der Waals surface area contributed by atoms with E-state index < -0.39 is 12.0 Å². The number of likely N-dealkylation sites (N-methyl/N-ethyl adjacent to an activating group) is 1. The molecule has 0 spiro atoms. The third-order valence-corrected chi connectivity index (χ3v) is 3.69. The average molecular weight is 287 g/mol. The van der Waals surface area contributed by atoms with Crippen molar-refractivity contribution in [2.75, 3.05) is 7.05 Å². The molecule has 0 aliphatic heterocycles. The number of carbonyl (C=O) groups is 1. The molecule has 1 N–H and O–H groups in total. The molecule has 0 aliphatic rings. The Morgan fingerprint density at radius 2 is 2.14 bits per heavy atom. The zero-order valence-corrected chi connectivity index (χ0v) is 12.7. The largest absolute Gasteiger partial charge is 0.480 e. The van der Waals surface area contributed by atoms with Crippen LogP contribution >= 0.6 is 0 Å². The normalized spacial score (nSPS) is 12.6. The van der Waals surface area contributed by atoms with E-state index in [-0.39, 0.29) is 0 Å². The first-order chi connectivity index (χ1) is 10.0. The standard InChI is InChI=1S/C16H21N3O2/c1-4-19-10-9-17-14(19)11-18(3)15(16(20)21)13-8-6-5-7-12(13)2/h5-10,15H,4,11H2,1-3H3,(H,20,21). The van der Waals surface area contributed by atoms with E-state index in [1.54, 1.807) is 6.20 Å². The van der Waals surface area contributed by atoms with Gasteiger partial charge in [-0.25, -0.2) is 4.98 Å². The highest BCUT2D eigenvalue weighted by Gasteiger charge is 2.26. The first-order valence-electron chi connectivity index (χ1n) is 7.03. The van der Waals surface area contributed by atoms with E-state index in [2.05, 4.69) is 4.98 Å². The van der Waals surface area contributed by atoms with Crippen molar-refractivity contribution in [3.8, 4) is 0 Å². The fourth-order valence-corrected chi connectivity index (χ4v) is 2.55. The van der Waals surface area contributed by atoms with Crippen LogP contribution in [0.3, 0.4) is 0 Å². The van der Waals surface area contributed by atoms with E-state index in [0.717, 1.165) is 23.5 Å². The van der Waals surface area contributed by atoms with Gasteiger partial charge in [-0.1, -0.05) is 24.3 Å². The van der Waals surface area contributed by atoms with Gasteiger partial charge in [0.1, 0.15) is 11.9 Å². The number of benzene rings is 1. The number of aromatic nitrogens is 2. The van der Waals surface area contributed by atoms with Crippen LogP contribution < -0.4 is 0 Å². The summed E-state index contributed by atoms with van der Waals surface area (Å²) in [5.74, 6) is 0.0289. The molecule has 1 unspecified atom stereocenters. The predicted octanol–water partition coefficient (Wildman–Crippen LogP) is 2.47. The Bertz CT molecular complexity index is 621. The average Bonchev–Trinajstić information content (AvgIpc) is 2.88. The Balaban J connectivity index is 2.27. The lowest BCUT2D eigenvalue weighted by Gasteiger charge is -2.26. The lowest BCUT2D eigenvalue weighted by molar-refractivity contribution is -0.143. The van der Waals surface area contributed by atoms with Gasteiger partial charge in [0, 0.05) is 18.9 Å². The van der Waals surface area contributed by atoms with Crippen LogP contribution in [0.2, 0.25) is 0 Å². The van der Waals surface area contributed by atoms with E-state index in [4.69, 9.17) is 0 Å². The van der Waals surface area contributed by atoms with Crippen molar-refractivity contribution in [2.45, 2.75) is 33.0 Å². The molecule has 2 rings (SSSR count). The van der Waals surface area contributed by atoms with Crippen LogP contribution in [-0.2, 0) is 17.9 Å². The first-order valence-corrected chi connectivity index (χ1v) is 7.03. The third kappa shape index (κ3) is 3.31. The smallest absolute Gasteiger partial charge is 0.325 e. The van der Waals surface area contributed by atoms with Crippen LogP contribution in [0.15, 0.2) is 36.7 Å². The number of aliphatic carboxylic acids is 1. The van der Waals surface area contributed by atoms with Gasteiger partial charge in [0.2, 0.25) is 0 Å². The van der Waals surface area contributed by atoms with Crippen molar-refractivity contribution < 1.29 is 9.90 Å². The molecule has 5 heteroatoms. The van der Waals surface area contributed by atoms with E-state index in [0.29, 0.717) is 6.54 Å². The topological polar surface area (TPSA) is 58.4 Å². The quantitative estimate of drug-likeness (QED) is 0.886. The van der Waals surface area contributed by atoms with E-state index in [1.807, 2.05) is 60.8 Å². The second kappa shape index (κ2) is 6.54. The number of nitrogens with zero attached hydrogens (tertiary/aromatic N) is 3. The van der Waals surface area contributed by atoms with Crippen LogP contribution in [0, 0.1) is 6.92 Å². The molecule has 0 bridgehead atoms. The Morgan fingerprint density at radius 1 is 1.43 bits per heavy atom. The maximum absolute atomic E-state index is 11.7. The molecule has 5 nitrogen and oxygen atoms in total. The molecule has 1 heterocycles. The fraction of sp³-hybridized carbons (Fsp3) is 0.375. The monoisotopic (exact) mass is 287 g/mol. The van der Waals surface area contributed by atoms with Crippen molar-refractivity contribution in [2.24, 2.45) is 0 Å².